The fourth-order valence-corrected chi connectivity index (χ4v) is 2.24. The Bertz CT molecular complexity index is 332. The molecule has 0 heteroatoms. The summed E-state index contributed by atoms with van der Waals surface area (Å²) in [6.45, 7) is 10.9. The van der Waals surface area contributed by atoms with Crippen molar-refractivity contribution in [3.05, 3.63) is 34.9 Å². The second kappa shape index (κ2) is 5.52. The summed E-state index contributed by atoms with van der Waals surface area (Å²) in [7, 11) is 0. The molecule has 2 rings (SSSR count). The zero-order chi connectivity index (χ0) is 12.2. The van der Waals surface area contributed by atoms with Gasteiger partial charge in [-0.15, -0.1) is 0 Å². The lowest BCUT2D eigenvalue weighted by molar-refractivity contribution is 0.759. The molecule has 0 bridgehead atoms. The quantitative estimate of drug-likeness (QED) is 0.668. The molecule has 1 fully saturated rings. The van der Waals surface area contributed by atoms with Crippen LogP contribution in [0.2, 0.25) is 0 Å². The van der Waals surface area contributed by atoms with Gasteiger partial charge >= 0.3 is 0 Å². The lowest BCUT2D eigenvalue weighted by Gasteiger charge is -2.15. The molecule has 0 unspecified atom stereocenters. The molecule has 16 heavy (non-hydrogen) atoms. The predicted octanol–water partition coefficient (Wildman–Crippen LogP) is 5.03. The van der Waals surface area contributed by atoms with Crippen molar-refractivity contribution in [2.45, 2.75) is 65.7 Å². The van der Waals surface area contributed by atoms with Crippen molar-refractivity contribution in [1.29, 1.82) is 0 Å². The van der Waals surface area contributed by atoms with Crippen LogP contribution in [-0.2, 0) is 11.8 Å². The van der Waals surface area contributed by atoms with Crippen molar-refractivity contribution >= 4 is 0 Å². The van der Waals surface area contributed by atoms with Gasteiger partial charge in [0.05, 0.1) is 0 Å². The molecule has 0 N–H and O–H groups in total. The highest BCUT2D eigenvalue weighted by molar-refractivity contribution is 5.40. The summed E-state index contributed by atoms with van der Waals surface area (Å²) in [4.78, 5) is 0. The summed E-state index contributed by atoms with van der Waals surface area (Å²) >= 11 is 0. The molecule has 0 nitrogen and oxygen atoms in total. The molecule has 90 valence electrons. The van der Waals surface area contributed by atoms with E-state index in [4.69, 9.17) is 0 Å². The standard InChI is InChI=1S/C14H20.C2H6/c1-4-5-12-10-11(2)6-7-13(12)14(3)8-9-14;1-2/h6-7,10H,4-5,8-9H2,1-3H3;1-2H3. The molecule has 1 aromatic rings. The Labute approximate surface area is 101 Å². The van der Waals surface area contributed by atoms with Gasteiger partial charge in [0.1, 0.15) is 0 Å². The van der Waals surface area contributed by atoms with Crippen LogP contribution in [-0.4, -0.2) is 0 Å². The Hall–Kier alpha value is -0.780. The summed E-state index contributed by atoms with van der Waals surface area (Å²) in [6, 6.07) is 6.99. The minimum atomic E-state index is 0.526. The Morgan fingerprint density at radius 2 is 1.81 bits per heavy atom. The van der Waals surface area contributed by atoms with Crippen molar-refractivity contribution in [3.8, 4) is 0 Å². The van der Waals surface area contributed by atoms with Gasteiger partial charge < -0.3 is 0 Å². The molecule has 0 spiro atoms. The second-order valence-electron chi connectivity index (χ2n) is 4.97. The maximum atomic E-state index is 2.40. The highest BCUT2D eigenvalue weighted by Gasteiger charge is 2.40. The van der Waals surface area contributed by atoms with Crippen molar-refractivity contribution in [1.82, 2.24) is 0 Å². The average Bonchev–Trinajstić information content (AvgIpc) is 3.01. The summed E-state index contributed by atoms with van der Waals surface area (Å²) in [5.41, 5.74) is 5.14. The van der Waals surface area contributed by atoms with Gasteiger partial charge in [-0.05, 0) is 42.7 Å². The van der Waals surface area contributed by atoms with Crippen LogP contribution in [0.3, 0.4) is 0 Å². The minimum absolute atomic E-state index is 0.526. The van der Waals surface area contributed by atoms with Crippen LogP contribution in [0.4, 0.5) is 0 Å². The Morgan fingerprint density at radius 3 is 2.31 bits per heavy atom. The maximum Gasteiger partial charge on any atom is -0.00719 e. The van der Waals surface area contributed by atoms with Gasteiger partial charge in [0.15, 0.2) is 0 Å². The number of hydrogen-bond acceptors (Lipinski definition) is 0. The van der Waals surface area contributed by atoms with E-state index in [1.807, 2.05) is 13.8 Å². The molecule has 1 aromatic carbocycles. The fourth-order valence-electron chi connectivity index (χ4n) is 2.24. The molecule has 0 heterocycles. The average molecular weight is 218 g/mol. The van der Waals surface area contributed by atoms with Crippen molar-refractivity contribution in [2.24, 2.45) is 0 Å². The van der Waals surface area contributed by atoms with Gasteiger partial charge in [-0.25, -0.2) is 0 Å². The third-order valence-electron chi connectivity index (χ3n) is 3.43. The van der Waals surface area contributed by atoms with E-state index in [1.54, 1.807) is 11.1 Å². The van der Waals surface area contributed by atoms with Crippen LogP contribution in [0.5, 0.6) is 0 Å². The Balaban J connectivity index is 0.000000606. The SMILES string of the molecule is CC.CCCc1cc(C)ccc1C1(C)CC1. The molecular weight excluding hydrogens is 192 g/mol. The Morgan fingerprint density at radius 1 is 1.19 bits per heavy atom. The number of rotatable bonds is 3. The number of benzene rings is 1. The molecule has 0 radical (unpaired) electrons. The van der Waals surface area contributed by atoms with E-state index in [9.17, 15) is 0 Å². The van der Waals surface area contributed by atoms with E-state index in [2.05, 4.69) is 39.0 Å². The monoisotopic (exact) mass is 218 g/mol. The normalized spacial score (nSPS) is 16.3. The van der Waals surface area contributed by atoms with E-state index in [0.717, 1.165) is 0 Å². The van der Waals surface area contributed by atoms with Crippen LogP contribution < -0.4 is 0 Å². The minimum Gasteiger partial charge on any atom is -0.0683 e. The van der Waals surface area contributed by atoms with Crippen molar-refractivity contribution in [2.75, 3.05) is 0 Å². The second-order valence-corrected chi connectivity index (χ2v) is 4.97. The molecular formula is C16H26. The van der Waals surface area contributed by atoms with E-state index in [-0.39, 0.29) is 0 Å². The highest BCUT2D eigenvalue weighted by Crippen LogP contribution is 2.49. The van der Waals surface area contributed by atoms with E-state index < -0.39 is 0 Å². The highest BCUT2D eigenvalue weighted by atomic mass is 14.4. The fraction of sp³-hybridized carbons (Fsp3) is 0.625. The molecule has 1 aliphatic carbocycles. The summed E-state index contributed by atoms with van der Waals surface area (Å²) in [5.74, 6) is 0. The van der Waals surface area contributed by atoms with Gasteiger partial charge in [0.2, 0.25) is 0 Å². The van der Waals surface area contributed by atoms with Crippen molar-refractivity contribution in [3.63, 3.8) is 0 Å². The van der Waals surface area contributed by atoms with Crippen LogP contribution in [0.25, 0.3) is 0 Å². The first-order valence-electron chi connectivity index (χ1n) is 6.76. The predicted molar refractivity (Wildman–Crippen MR) is 73.1 cm³/mol. The largest absolute Gasteiger partial charge is 0.0683 e. The molecule has 1 saturated carbocycles. The summed E-state index contributed by atoms with van der Waals surface area (Å²) < 4.78 is 0. The lowest BCUT2D eigenvalue weighted by atomic mass is 9.90. The molecule has 0 amide bonds. The number of aryl methyl sites for hydroxylation is 2. The third-order valence-corrected chi connectivity index (χ3v) is 3.43. The molecule has 0 atom stereocenters. The first-order chi connectivity index (χ1) is 7.65. The third kappa shape index (κ3) is 2.87. The van der Waals surface area contributed by atoms with Gasteiger partial charge in [-0.1, -0.05) is 57.9 Å². The van der Waals surface area contributed by atoms with Gasteiger partial charge in [-0.2, -0.15) is 0 Å². The zero-order valence-corrected chi connectivity index (χ0v) is 11.6. The van der Waals surface area contributed by atoms with E-state index in [0.29, 0.717) is 5.41 Å². The first kappa shape index (κ1) is 13.3. The van der Waals surface area contributed by atoms with Gasteiger partial charge in [-0.3, -0.25) is 0 Å². The summed E-state index contributed by atoms with van der Waals surface area (Å²) in [5, 5.41) is 0. The summed E-state index contributed by atoms with van der Waals surface area (Å²) in [6.07, 6.45) is 5.26. The maximum absolute atomic E-state index is 2.40. The zero-order valence-electron chi connectivity index (χ0n) is 11.6. The van der Waals surface area contributed by atoms with Crippen LogP contribution in [0.1, 0.15) is 63.6 Å². The Kier molecular flexibility index (Phi) is 4.58. The van der Waals surface area contributed by atoms with Crippen LogP contribution in [0, 0.1) is 6.92 Å². The topological polar surface area (TPSA) is 0 Å². The van der Waals surface area contributed by atoms with E-state index >= 15 is 0 Å². The van der Waals surface area contributed by atoms with E-state index in [1.165, 1.54) is 31.2 Å². The first-order valence-corrected chi connectivity index (χ1v) is 6.76. The molecule has 0 aromatic heterocycles. The van der Waals surface area contributed by atoms with Crippen molar-refractivity contribution < 1.29 is 0 Å². The smallest absolute Gasteiger partial charge is 0.00719 e. The molecule has 0 aliphatic heterocycles. The van der Waals surface area contributed by atoms with Crippen LogP contribution in [0.15, 0.2) is 18.2 Å². The van der Waals surface area contributed by atoms with Crippen LogP contribution >= 0.6 is 0 Å². The molecule has 1 aliphatic rings. The van der Waals surface area contributed by atoms with Gasteiger partial charge in [0, 0.05) is 0 Å². The number of hydrogen-bond donors (Lipinski definition) is 0. The van der Waals surface area contributed by atoms with Gasteiger partial charge in [0.25, 0.3) is 0 Å². The molecule has 0 saturated heterocycles. The lowest BCUT2D eigenvalue weighted by Crippen LogP contribution is -2.05.